The van der Waals surface area contributed by atoms with Crippen molar-refractivity contribution in [3.05, 3.63) is 71.9 Å². The lowest BCUT2D eigenvalue weighted by molar-refractivity contribution is -0.159. The summed E-state index contributed by atoms with van der Waals surface area (Å²) in [5.41, 5.74) is 2.50. The minimum absolute atomic E-state index is 0.126. The van der Waals surface area contributed by atoms with Crippen molar-refractivity contribution in [3.63, 3.8) is 0 Å². The largest absolute Gasteiger partial charge is 0.473 e. The summed E-state index contributed by atoms with van der Waals surface area (Å²) in [5, 5.41) is 28.0. The van der Waals surface area contributed by atoms with E-state index in [9.17, 15) is 4.79 Å². The van der Waals surface area contributed by atoms with Crippen LogP contribution in [0, 0.1) is 6.92 Å². The highest BCUT2D eigenvalue weighted by Gasteiger charge is 2.17. The maximum Gasteiger partial charge on any atom is 0.414 e. The number of furan rings is 1. The number of aromatic nitrogens is 5. The van der Waals surface area contributed by atoms with E-state index >= 15 is 0 Å². The first-order chi connectivity index (χ1) is 18.3. The van der Waals surface area contributed by atoms with Gasteiger partial charge in [-0.3, -0.25) is 14.3 Å². The summed E-state index contributed by atoms with van der Waals surface area (Å²) in [4.78, 5) is 39.3. The fourth-order valence-corrected chi connectivity index (χ4v) is 4.80. The van der Waals surface area contributed by atoms with E-state index in [0.717, 1.165) is 32.2 Å². The molecular weight excluding hydrogens is 532 g/mol. The first-order valence-electron chi connectivity index (χ1n) is 10.9. The van der Waals surface area contributed by atoms with Gasteiger partial charge >= 0.3 is 11.9 Å². The van der Waals surface area contributed by atoms with E-state index in [0.29, 0.717) is 17.5 Å². The van der Waals surface area contributed by atoms with Gasteiger partial charge in [0.25, 0.3) is 0 Å². The van der Waals surface area contributed by atoms with Gasteiger partial charge in [0, 0.05) is 23.6 Å². The van der Waals surface area contributed by atoms with Gasteiger partial charge in [-0.1, -0.05) is 11.8 Å². The zero-order valence-corrected chi connectivity index (χ0v) is 21.4. The Bertz CT molecular complexity index is 1550. The lowest BCUT2D eigenvalue weighted by Gasteiger charge is -2.09. The number of carbonyl (C=O) groups is 3. The van der Waals surface area contributed by atoms with Gasteiger partial charge in [0.2, 0.25) is 5.91 Å². The number of fused-ring (bicyclic) bond motifs is 1. The summed E-state index contributed by atoms with van der Waals surface area (Å²) in [7, 11) is 0. The molecule has 5 rings (SSSR count). The van der Waals surface area contributed by atoms with E-state index < -0.39 is 11.9 Å². The van der Waals surface area contributed by atoms with Crippen LogP contribution in [-0.2, 0) is 20.9 Å². The first-order valence-corrected chi connectivity index (χ1v) is 12.7. The Morgan fingerprint density at radius 3 is 2.53 bits per heavy atom. The van der Waals surface area contributed by atoms with E-state index in [1.165, 1.54) is 11.8 Å². The minimum atomic E-state index is -1.82. The molecule has 14 heteroatoms. The van der Waals surface area contributed by atoms with Crippen LogP contribution in [0.3, 0.4) is 0 Å². The molecule has 0 saturated carbocycles. The van der Waals surface area contributed by atoms with Crippen LogP contribution in [0.5, 0.6) is 0 Å². The molecule has 12 nitrogen and oxygen atoms in total. The monoisotopic (exact) mass is 552 g/mol. The van der Waals surface area contributed by atoms with Gasteiger partial charge in [-0.05, 0) is 49.4 Å². The summed E-state index contributed by atoms with van der Waals surface area (Å²) in [6, 6.07) is 13.2. The molecule has 3 N–H and O–H groups in total. The van der Waals surface area contributed by atoms with Crippen molar-refractivity contribution in [1.29, 1.82) is 0 Å². The Morgan fingerprint density at radius 2 is 1.84 bits per heavy atom. The lowest BCUT2D eigenvalue weighted by Crippen LogP contribution is -2.14. The molecule has 5 aromatic rings. The maximum atomic E-state index is 12.6. The van der Waals surface area contributed by atoms with Crippen molar-refractivity contribution in [2.75, 3.05) is 11.1 Å². The summed E-state index contributed by atoms with van der Waals surface area (Å²) >= 11 is 2.96. The van der Waals surface area contributed by atoms with Crippen LogP contribution in [0.15, 0.2) is 70.7 Å². The fraction of sp³-hybridized carbons (Fsp3) is 0.125. The molecule has 0 spiro atoms. The number of nitrogens with one attached hydrogen (secondary N) is 1. The van der Waals surface area contributed by atoms with Gasteiger partial charge in [-0.25, -0.2) is 14.6 Å². The number of pyridine rings is 1. The Kier molecular flexibility index (Phi) is 8.45. The topological polar surface area (TPSA) is 173 Å². The normalized spacial score (nSPS) is 10.6. The van der Waals surface area contributed by atoms with Crippen molar-refractivity contribution in [2.24, 2.45) is 0 Å². The summed E-state index contributed by atoms with van der Waals surface area (Å²) in [6.07, 6.45) is 5.05. The molecule has 0 bridgehead atoms. The number of benzene rings is 1. The van der Waals surface area contributed by atoms with Crippen molar-refractivity contribution in [1.82, 2.24) is 24.7 Å². The Hall–Kier alpha value is -4.56. The number of rotatable bonds is 7. The number of carboxylic acid groups (broad SMARTS) is 2. The van der Waals surface area contributed by atoms with Crippen molar-refractivity contribution >= 4 is 56.8 Å². The number of hydrogen-bond donors (Lipinski definition) is 3. The molecule has 1 amide bonds. The van der Waals surface area contributed by atoms with Crippen LogP contribution in [0.2, 0.25) is 0 Å². The standard InChI is InChI=1S/C22H18N6O2S2.C2H2O4/c1-14-24-18-11-16(4-5-19(18)32-14)25-20(29)13-31-22-27-26-21(15-6-8-23-9-7-15)28(22)12-17-3-2-10-30-17;3-1(4)2(5)6/h2-11H,12-13H2,1H3,(H,25,29);(H,3,4)(H,5,6). The van der Waals surface area contributed by atoms with E-state index in [1.807, 2.05) is 54.0 Å². The molecule has 194 valence electrons. The molecular formula is C24H20N6O6S2. The number of thiazole rings is 1. The highest BCUT2D eigenvalue weighted by Crippen LogP contribution is 2.27. The number of thioether (sulfide) groups is 1. The molecule has 0 fully saturated rings. The van der Waals surface area contributed by atoms with Crippen molar-refractivity contribution in [2.45, 2.75) is 18.6 Å². The van der Waals surface area contributed by atoms with Gasteiger partial charge in [0.1, 0.15) is 5.76 Å². The predicted octanol–water partition coefficient (Wildman–Crippen LogP) is 3.79. The second-order valence-electron chi connectivity index (χ2n) is 7.57. The highest BCUT2D eigenvalue weighted by atomic mass is 32.2. The molecule has 0 radical (unpaired) electrons. The Morgan fingerprint density at radius 1 is 1.08 bits per heavy atom. The third-order valence-electron chi connectivity index (χ3n) is 4.84. The van der Waals surface area contributed by atoms with Gasteiger partial charge < -0.3 is 19.9 Å². The first kappa shape index (κ1) is 26.5. The molecule has 4 heterocycles. The highest BCUT2D eigenvalue weighted by molar-refractivity contribution is 7.99. The number of carboxylic acids is 2. The number of hydrogen-bond acceptors (Lipinski definition) is 10. The number of anilines is 1. The molecule has 0 atom stereocenters. The smallest absolute Gasteiger partial charge is 0.414 e. The average Bonchev–Trinajstić information content (AvgIpc) is 3.63. The molecule has 0 aliphatic carbocycles. The predicted molar refractivity (Wildman–Crippen MR) is 140 cm³/mol. The zero-order chi connectivity index (χ0) is 27.1. The minimum Gasteiger partial charge on any atom is -0.473 e. The molecule has 38 heavy (non-hydrogen) atoms. The van der Waals surface area contributed by atoms with E-state index in [1.54, 1.807) is 30.0 Å². The van der Waals surface area contributed by atoms with Crippen LogP contribution in [0.25, 0.3) is 21.6 Å². The fourth-order valence-electron chi connectivity index (χ4n) is 3.26. The Balaban J connectivity index is 0.000000505. The van der Waals surface area contributed by atoms with E-state index in [-0.39, 0.29) is 11.7 Å². The van der Waals surface area contributed by atoms with Gasteiger partial charge in [-0.2, -0.15) is 0 Å². The van der Waals surface area contributed by atoms with Crippen LogP contribution in [-0.4, -0.2) is 58.5 Å². The van der Waals surface area contributed by atoms with E-state index in [2.05, 4.69) is 25.5 Å². The molecule has 0 unspecified atom stereocenters. The van der Waals surface area contributed by atoms with Crippen molar-refractivity contribution < 1.29 is 29.0 Å². The summed E-state index contributed by atoms with van der Waals surface area (Å²) in [5.74, 6) is -2.11. The third kappa shape index (κ3) is 6.80. The molecule has 0 aliphatic heterocycles. The molecule has 0 aliphatic rings. The second kappa shape index (κ2) is 12.1. The zero-order valence-electron chi connectivity index (χ0n) is 19.8. The van der Waals surface area contributed by atoms with Gasteiger partial charge in [0.15, 0.2) is 11.0 Å². The van der Waals surface area contributed by atoms with Crippen LogP contribution in [0.1, 0.15) is 10.8 Å². The third-order valence-corrected chi connectivity index (χ3v) is 6.76. The molecule has 1 aromatic carbocycles. The van der Waals surface area contributed by atoms with Crippen LogP contribution in [0.4, 0.5) is 5.69 Å². The maximum absolute atomic E-state index is 12.6. The quantitative estimate of drug-likeness (QED) is 0.198. The Labute approximate surface area is 223 Å². The summed E-state index contributed by atoms with van der Waals surface area (Å²) < 4.78 is 8.55. The number of aliphatic carboxylic acids is 2. The number of carbonyl (C=O) groups excluding carboxylic acids is 1. The second-order valence-corrected chi connectivity index (χ2v) is 9.75. The lowest BCUT2D eigenvalue weighted by atomic mass is 10.2. The van der Waals surface area contributed by atoms with Crippen LogP contribution >= 0.6 is 23.1 Å². The molecule has 0 saturated heterocycles. The number of aryl methyl sites for hydroxylation is 1. The SMILES string of the molecule is Cc1nc2cc(NC(=O)CSc3nnc(-c4ccncc4)n3Cc3ccco3)ccc2s1.O=C(O)C(=O)O. The van der Waals surface area contributed by atoms with Crippen molar-refractivity contribution in [3.8, 4) is 11.4 Å². The van der Waals surface area contributed by atoms with Gasteiger partial charge in [-0.15, -0.1) is 21.5 Å². The van der Waals surface area contributed by atoms with Crippen LogP contribution < -0.4 is 5.32 Å². The average molecular weight is 553 g/mol. The number of nitrogens with zero attached hydrogens (tertiary/aromatic N) is 5. The molecule has 4 aromatic heterocycles. The number of amides is 1. The van der Waals surface area contributed by atoms with Gasteiger partial charge in [0.05, 0.1) is 33.8 Å². The van der Waals surface area contributed by atoms with E-state index in [4.69, 9.17) is 24.2 Å². The summed E-state index contributed by atoms with van der Waals surface area (Å²) in [6.45, 7) is 2.43.